The van der Waals surface area contributed by atoms with Crippen molar-refractivity contribution < 1.29 is 14.4 Å². The van der Waals surface area contributed by atoms with Crippen molar-refractivity contribution in [3.63, 3.8) is 0 Å². The van der Waals surface area contributed by atoms with Crippen LogP contribution in [-0.4, -0.2) is 29.1 Å². The van der Waals surface area contributed by atoms with Crippen LogP contribution < -0.4 is 9.47 Å². The quantitative estimate of drug-likeness (QED) is 0.489. The molecule has 2 rings (SSSR count). The molecule has 104 valence electrons. The van der Waals surface area contributed by atoms with Crippen LogP contribution in [0.4, 0.5) is 5.69 Å². The van der Waals surface area contributed by atoms with Gasteiger partial charge in [-0.1, -0.05) is 0 Å². The predicted octanol–water partition coefficient (Wildman–Crippen LogP) is 2.72. The summed E-state index contributed by atoms with van der Waals surface area (Å²) in [6.45, 7) is 0. The van der Waals surface area contributed by atoms with Crippen molar-refractivity contribution in [2.24, 2.45) is 0 Å². The van der Waals surface area contributed by atoms with Crippen LogP contribution in [0.15, 0.2) is 24.4 Å². The Hall–Kier alpha value is -2.41. The first-order chi connectivity index (χ1) is 9.56. The lowest BCUT2D eigenvalue weighted by Crippen LogP contribution is -1.99. The van der Waals surface area contributed by atoms with Crippen LogP contribution >= 0.6 is 11.6 Å². The van der Waals surface area contributed by atoms with Crippen molar-refractivity contribution in [1.29, 1.82) is 0 Å². The van der Waals surface area contributed by atoms with E-state index in [9.17, 15) is 10.1 Å². The Morgan fingerprint density at radius 3 is 2.65 bits per heavy atom. The molecule has 0 bridgehead atoms. The molecule has 2 aromatic rings. The molecule has 1 heterocycles. The van der Waals surface area contributed by atoms with Crippen LogP contribution in [0.5, 0.6) is 11.5 Å². The number of benzene rings is 1. The van der Waals surface area contributed by atoms with Crippen LogP contribution in [0.1, 0.15) is 0 Å². The zero-order valence-corrected chi connectivity index (χ0v) is 11.4. The summed E-state index contributed by atoms with van der Waals surface area (Å²) in [5, 5.41) is 11.0. The molecule has 0 fully saturated rings. The number of hydrogen-bond acceptors (Lipinski definition) is 6. The Balaban J connectivity index is 2.67. The molecule has 0 N–H and O–H groups in total. The smallest absolute Gasteiger partial charge is 0.313 e. The fourth-order valence-electron chi connectivity index (χ4n) is 1.68. The van der Waals surface area contributed by atoms with Crippen LogP contribution in [0.2, 0.25) is 5.28 Å². The van der Waals surface area contributed by atoms with Crippen molar-refractivity contribution in [3.8, 4) is 22.8 Å². The van der Waals surface area contributed by atoms with Gasteiger partial charge in [0.05, 0.1) is 19.1 Å². The Bertz CT molecular complexity index is 663. The maximum atomic E-state index is 11.0. The number of halogens is 1. The molecule has 1 aromatic heterocycles. The number of methoxy groups -OCH3 is 2. The van der Waals surface area contributed by atoms with Gasteiger partial charge in [0.25, 0.3) is 0 Å². The van der Waals surface area contributed by atoms with Gasteiger partial charge in [0.15, 0.2) is 5.69 Å². The minimum absolute atomic E-state index is 0.0801. The van der Waals surface area contributed by atoms with E-state index in [0.29, 0.717) is 17.1 Å². The van der Waals surface area contributed by atoms with E-state index in [1.807, 2.05) is 0 Å². The van der Waals surface area contributed by atoms with Crippen molar-refractivity contribution in [2.75, 3.05) is 14.2 Å². The Morgan fingerprint density at radius 2 is 2.05 bits per heavy atom. The molecule has 0 saturated heterocycles. The molecule has 8 heteroatoms. The monoisotopic (exact) mass is 295 g/mol. The van der Waals surface area contributed by atoms with Gasteiger partial charge in [-0.2, -0.15) is 0 Å². The third-order valence-corrected chi connectivity index (χ3v) is 2.78. The Morgan fingerprint density at radius 1 is 1.30 bits per heavy atom. The maximum Gasteiger partial charge on any atom is 0.313 e. The zero-order chi connectivity index (χ0) is 14.7. The summed E-state index contributed by atoms with van der Waals surface area (Å²) in [5.74, 6) is 0.954. The van der Waals surface area contributed by atoms with Crippen LogP contribution in [-0.2, 0) is 0 Å². The standard InChI is InChI=1S/C12H10ClN3O4/c1-19-7-3-4-8(10(5-7)20-2)11-9(16(17)18)6-14-12(13)15-11/h3-6H,1-2H3. The first-order valence-corrected chi connectivity index (χ1v) is 5.84. The van der Waals surface area contributed by atoms with Crippen LogP contribution in [0, 0.1) is 10.1 Å². The summed E-state index contributed by atoms with van der Waals surface area (Å²) in [5.41, 5.74) is 0.275. The van der Waals surface area contributed by atoms with Crippen molar-refractivity contribution in [1.82, 2.24) is 9.97 Å². The summed E-state index contributed by atoms with van der Waals surface area (Å²) < 4.78 is 10.3. The molecular formula is C12H10ClN3O4. The summed E-state index contributed by atoms with van der Waals surface area (Å²) in [6.07, 6.45) is 1.06. The van der Waals surface area contributed by atoms with E-state index in [1.165, 1.54) is 14.2 Å². The second-order valence-electron chi connectivity index (χ2n) is 3.70. The molecule has 0 radical (unpaired) electrons. The number of nitro groups is 1. The first kappa shape index (κ1) is 14.0. The topological polar surface area (TPSA) is 87.4 Å². The molecule has 1 aromatic carbocycles. The molecule has 0 aliphatic carbocycles. The molecule has 0 amide bonds. The maximum absolute atomic E-state index is 11.0. The lowest BCUT2D eigenvalue weighted by Gasteiger charge is -2.10. The van der Waals surface area contributed by atoms with Crippen molar-refractivity contribution in [3.05, 3.63) is 39.8 Å². The van der Waals surface area contributed by atoms with Gasteiger partial charge in [-0.05, 0) is 23.7 Å². The highest BCUT2D eigenvalue weighted by molar-refractivity contribution is 6.28. The van der Waals surface area contributed by atoms with E-state index in [-0.39, 0.29) is 16.7 Å². The summed E-state index contributed by atoms with van der Waals surface area (Å²) in [4.78, 5) is 18.0. The Kier molecular flexibility index (Phi) is 3.99. The van der Waals surface area contributed by atoms with E-state index in [0.717, 1.165) is 6.20 Å². The number of hydrogen-bond donors (Lipinski definition) is 0. The molecule has 0 spiro atoms. The SMILES string of the molecule is COc1ccc(-c2nc(Cl)ncc2[N+](=O)[O-])c(OC)c1. The molecule has 0 saturated carbocycles. The molecule has 7 nitrogen and oxygen atoms in total. The zero-order valence-electron chi connectivity index (χ0n) is 10.7. The van der Waals surface area contributed by atoms with Gasteiger partial charge >= 0.3 is 5.69 Å². The van der Waals surface area contributed by atoms with Gasteiger partial charge in [0.1, 0.15) is 17.7 Å². The highest BCUT2D eigenvalue weighted by Crippen LogP contribution is 2.36. The molecule has 20 heavy (non-hydrogen) atoms. The fourth-order valence-corrected chi connectivity index (χ4v) is 1.81. The van der Waals surface area contributed by atoms with E-state index in [1.54, 1.807) is 18.2 Å². The minimum Gasteiger partial charge on any atom is -0.497 e. The lowest BCUT2D eigenvalue weighted by atomic mass is 10.1. The summed E-state index contributed by atoms with van der Waals surface area (Å²) >= 11 is 5.72. The third kappa shape index (κ3) is 2.62. The van der Waals surface area contributed by atoms with Gasteiger partial charge in [-0.3, -0.25) is 10.1 Å². The van der Waals surface area contributed by atoms with Crippen molar-refractivity contribution in [2.45, 2.75) is 0 Å². The average Bonchev–Trinajstić information content (AvgIpc) is 2.46. The number of rotatable bonds is 4. The molecule has 0 aliphatic heterocycles. The number of aromatic nitrogens is 2. The molecule has 0 aliphatic rings. The molecule has 0 atom stereocenters. The minimum atomic E-state index is -0.574. The highest BCUT2D eigenvalue weighted by Gasteiger charge is 2.21. The van der Waals surface area contributed by atoms with Gasteiger partial charge < -0.3 is 9.47 Å². The third-order valence-electron chi connectivity index (χ3n) is 2.60. The average molecular weight is 296 g/mol. The largest absolute Gasteiger partial charge is 0.497 e. The van der Waals surface area contributed by atoms with Gasteiger partial charge in [-0.15, -0.1) is 0 Å². The van der Waals surface area contributed by atoms with Crippen LogP contribution in [0.25, 0.3) is 11.3 Å². The number of nitrogens with zero attached hydrogens (tertiary/aromatic N) is 3. The van der Waals surface area contributed by atoms with Crippen molar-refractivity contribution >= 4 is 17.3 Å². The van der Waals surface area contributed by atoms with E-state index in [4.69, 9.17) is 21.1 Å². The second kappa shape index (κ2) is 5.70. The fraction of sp³-hybridized carbons (Fsp3) is 0.167. The van der Waals surface area contributed by atoms with Crippen LogP contribution in [0.3, 0.4) is 0 Å². The second-order valence-corrected chi connectivity index (χ2v) is 4.03. The predicted molar refractivity (Wildman–Crippen MR) is 72.2 cm³/mol. The van der Waals surface area contributed by atoms with Gasteiger partial charge in [0.2, 0.25) is 5.28 Å². The van der Waals surface area contributed by atoms with Gasteiger partial charge in [-0.25, -0.2) is 9.97 Å². The first-order valence-electron chi connectivity index (χ1n) is 5.46. The molecule has 0 unspecified atom stereocenters. The van der Waals surface area contributed by atoms with E-state index < -0.39 is 4.92 Å². The Labute approximate surface area is 119 Å². The van der Waals surface area contributed by atoms with E-state index in [2.05, 4.69) is 9.97 Å². The summed E-state index contributed by atoms with van der Waals surface area (Å²) in [7, 11) is 2.96. The highest BCUT2D eigenvalue weighted by atomic mass is 35.5. The normalized spacial score (nSPS) is 10.2. The van der Waals surface area contributed by atoms with Gasteiger partial charge in [0, 0.05) is 11.6 Å². The lowest BCUT2D eigenvalue weighted by molar-refractivity contribution is -0.384. The summed E-state index contributed by atoms with van der Waals surface area (Å²) in [6, 6.07) is 4.87. The van der Waals surface area contributed by atoms with E-state index >= 15 is 0 Å². The number of ether oxygens (including phenoxy) is 2. The molecular weight excluding hydrogens is 286 g/mol.